The molecule has 1 aromatic carbocycles. The highest BCUT2D eigenvalue weighted by Gasteiger charge is 2.45. The number of β-lactam (4-membered cyclic amide) rings is 1. The second kappa shape index (κ2) is 4.42. The maximum Gasteiger partial charge on any atom is 0.324 e. The van der Waals surface area contributed by atoms with Crippen LogP contribution >= 0.6 is 38.2 Å². The number of amides is 1. The van der Waals surface area contributed by atoms with Crippen molar-refractivity contribution >= 4 is 53.4 Å². The Bertz CT molecular complexity index is 590. The Balaban J connectivity index is 2.39. The second-order valence-corrected chi connectivity index (χ2v) is 7.20. The summed E-state index contributed by atoms with van der Waals surface area (Å²) in [5.41, 5.74) is 0.665. The van der Waals surface area contributed by atoms with Crippen LogP contribution in [0.1, 0.15) is 18.0 Å². The van der Waals surface area contributed by atoms with Gasteiger partial charge in [0.2, 0.25) is 5.91 Å². The van der Waals surface area contributed by atoms with E-state index >= 15 is 0 Å². The molecule has 4 nitrogen and oxygen atoms in total. The smallest absolute Gasteiger partial charge is 0.274 e. The van der Waals surface area contributed by atoms with Gasteiger partial charge in [-0.1, -0.05) is 33.6 Å². The Hall–Kier alpha value is -0.300. The van der Waals surface area contributed by atoms with Crippen LogP contribution in [0.3, 0.4) is 0 Å². The van der Waals surface area contributed by atoms with E-state index in [2.05, 4.69) is 15.9 Å². The van der Waals surface area contributed by atoms with E-state index in [4.69, 9.17) is 22.3 Å². The summed E-state index contributed by atoms with van der Waals surface area (Å²) in [6.07, 6.45) is 0.117. The first-order valence-corrected chi connectivity index (χ1v) is 7.96. The predicted molar refractivity (Wildman–Crippen MR) is 68.1 cm³/mol. The van der Waals surface area contributed by atoms with Gasteiger partial charge in [-0.2, -0.15) is 8.42 Å². The van der Waals surface area contributed by atoms with E-state index in [0.29, 0.717) is 19.4 Å². The molecule has 1 aromatic rings. The van der Waals surface area contributed by atoms with Crippen molar-refractivity contribution in [2.45, 2.75) is 12.5 Å². The van der Waals surface area contributed by atoms with Crippen LogP contribution in [0, 0.1) is 0 Å². The van der Waals surface area contributed by atoms with E-state index in [0.717, 1.165) is 0 Å². The number of halogens is 3. The molecule has 1 amide bonds. The zero-order valence-electron chi connectivity index (χ0n) is 8.23. The molecule has 0 bridgehead atoms. The molecule has 0 radical (unpaired) electrons. The highest BCUT2D eigenvalue weighted by molar-refractivity contribution is 9.10. The van der Waals surface area contributed by atoms with Crippen molar-refractivity contribution in [3.05, 3.63) is 33.3 Å². The molecule has 1 heterocycles. The molecule has 1 fully saturated rings. The molecule has 1 atom stereocenters. The Morgan fingerprint density at radius 2 is 2.06 bits per heavy atom. The first-order valence-electron chi connectivity index (χ1n) is 4.52. The minimum Gasteiger partial charge on any atom is -0.274 e. The highest BCUT2D eigenvalue weighted by atomic mass is 79.9. The van der Waals surface area contributed by atoms with Crippen LogP contribution < -0.4 is 0 Å². The molecule has 0 saturated carbocycles. The molecule has 92 valence electrons. The molecule has 0 aromatic heterocycles. The van der Waals surface area contributed by atoms with Crippen LogP contribution in [0.15, 0.2) is 22.7 Å². The highest BCUT2D eigenvalue weighted by Crippen LogP contribution is 2.41. The summed E-state index contributed by atoms with van der Waals surface area (Å²) >= 11 is 9.06. The van der Waals surface area contributed by atoms with Gasteiger partial charge in [-0.15, -0.1) is 0 Å². The van der Waals surface area contributed by atoms with E-state index < -0.39 is 21.2 Å². The summed E-state index contributed by atoms with van der Waals surface area (Å²) < 4.78 is 23.7. The van der Waals surface area contributed by atoms with E-state index in [-0.39, 0.29) is 6.42 Å². The molecule has 8 heteroatoms. The molecule has 1 saturated heterocycles. The summed E-state index contributed by atoms with van der Waals surface area (Å²) in [5, 5.41) is 0.520. The lowest BCUT2D eigenvalue weighted by Gasteiger charge is -2.37. The Kier molecular flexibility index (Phi) is 3.42. The molecular weight excluding hydrogens is 353 g/mol. The minimum absolute atomic E-state index is 0.117. The lowest BCUT2D eigenvalue weighted by molar-refractivity contribution is -0.137. The van der Waals surface area contributed by atoms with E-state index in [1.165, 1.54) is 0 Å². The van der Waals surface area contributed by atoms with Crippen LogP contribution in [-0.4, -0.2) is 18.6 Å². The average Bonchev–Trinajstić information content (AvgIpc) is 2.12. The fraction of sp³-hybridized carbons (Fsp3) is 0.222. The molecule has 0 aliphatic carbocycles. The van der Waals surface area contributed by atoms with Gasteiger partial charge >= 0.3 is 9.24 Å². The topological polar surface area (TPSA) is 54.5 Å². The maximum absolute atomic E-state index is 11.3. The summed E-state index contributed by atoms with van der Waals surface area (Å²) in [7, 11) is 1.16. The quantitative estimate of drug-likeness (QED) is 0.603. The Morgan fingerprint density at radius 3 is 2.53 bits per heavy atom. The van der Waals surface area contributed by atoms with Crippen LogP contribution in [-0.2, 0) is 14.0 Å². The zero-order valence-corrected chi connectivity index (χ0v) is 12.1. The number of carbonyl (C=O) groups is 1. The molecular formula is C9H6BrCl2NO3S. The fourth-order valence-electron chi connectivity index (χ4n) is 1.68. The summed E-state index contributed by atoms with van der Waals surface area (Å²) in [6.45, 7) is 0. The first-order chi connectivity index (χ1) is 7.80. The van der Waals surface area contributed by atoms with Gasteiger partial charge in [0.05, 0.1) is 12.5 Å². The lowest BCUT2D eigenvalue weighted by Crippen LogP contribution is -2.48. The standard InChI is InChI=1S/C9H6BrCl2NO3S/c10-7-3-5(11)1-2-6(7)8-4-9(14)13(8)17(12,15)16/h1-3,8H,4H2. The third kappa shape index (κ3) is 2.45. The molecule has 0 N–H and O–H groups in total. The SMILES string of the molecule is O=C1CC(c2ccc(Cl)cc2Br)N1S(=O)(=O)Cl. The van der Waals surface area contributed by atoms with Crippen molar-refractivity contribution in [2.75, 3.05) is 0 Å². The van der Waals surface area contributed by atoms with Gasteiger partial charge in [-0.3, -0.25) is 4.79 Å². The third-order valence-corrected chi connectivity index (χ3v) is 4.75. The molecule has 1 unspecified atom stereocenters. The van der Waals surface area contributed by atoms with Gasteiger partial charge in [-0.05, 0) is 17.7 Å². The van der Waals surface area contributed by atoms with Gasteiger partial charge in [0.25, 0.3) is 0 Å². The largest absolute Gasteiger partial charge is 0.324 e. The van der Waals surface area contributed by atoms with Gasteiger partial charge in [-0.25, -0.2) is 4.31 Å². The average molecular weight is 359 g/mol. The lowest BCUT2D eigenvalue weighted by atomic mass is 9.97. The Morgan fingerprint density at radius 1 is 1.41 bits per heavy atom. The first kappa shape index (κ1) is 13.1. The van der Waals surface area contributed by atoms with Crippen LogP contribution in [0.5, 0.6) is 0 Å². The third-order valence-electron chi connectivity index (χ3n) is 2.45. The van der Waals surface area contributed by atoms with Crippen LogP contribution in [0.25, 0.3) is 0 Å². The molecule has 1 aliphatic heterocycles. The van der Waals surface area contributed by atoms with Gasteiger partial charge in [0.15, 0.2) is 0 Å². The predicted octanol–water partition coefficient (Wildman–Crippen LogP) is 2.86. The van der Waals surface area contributed by atoms with Gasteiger partial charge < -0.3 is 0 Å². The molecule has 2 rings (SSSR count). The number of hydrogen-bond acceptors (Lipinski definition) is 3. The number of nitrogens with zero attached hydrogens (tertiary/aromatic N) is 1. The van der Waals surface area contributed by atoms with E-state index in [1.54, 1.807) is 18.2 Å². The molecule has 1 aliphatic rings. The normalized spacial score (nSPS) is 20.3. The van der Waals surface area contributed by atoms with E-state index in [9.17, 15) is 13.2 Å². The monoisotopic (exact) mass is 357 g/mol. The summed E-state index contributed by atoms with van der Waals surface area (Å²) in [4.78, 5) is 11.3. The van der Waals surface area contributed by atoms with Crippen molar-refractivity contribution in [1.82, 2.24) is 4.31 Å². The number of carbonyl (C=O) groups excluding carboxylic acids is 1. The van der Waals surface area contributed by atoms with Crippen molar-refractivity contribution in [3.8, 4) is 0 Å². The van der Waals surface area contributed by atoms with Crippen molar-refractivity contribution in [3.63, 3.8) is 0 Å². The fourth-order valence-corrected chi connectivity index (χ4v) is 3.96. The van der Waals surface area contributed by atoms with Crippen molar-refractivity contribution in [2.24, 2.45) is 0 Å². The second-order valence-electron chi connectivity index (χ2n) is 3.52. The van der Waals surface area contributed by atoms with Crippen LogP contribution in [0.4, 0.5) is 0 Å². The van der Waals surface area contributed by atoms with E-state index in [1.807, 2.05) is 0 Å². The summed E-state index contributed by atoms with van der Waals surface area (Å²) in [5.74, 6) is -0.508. The zero-order chi connectivity index (χ0) is 12.8. The number of hydrogen-bond donors (Lipinski definition) is 0. The number of rotatable bonds is 2. The number of benzene rings is 1. The van der Waals surface area contributed by atoms with Crippen molar-refractivity contribution < 1.29 is 13.2 Å². The minimum atomic E-state index is -4.04. The van der Waals surface area contributed by atoms with Gasteiger partial charge in [0.1, 0.15) is 0 Å². The molecule has 0 spiro atoms. The molecule has 17 heavy (non-hydrogen) atoms. The maximum atomic E-state index is 11.3. The van der Waals surface area contributed by atoms with Crippen molar-refractivity contribution in [1.29, 1.82) is 0 Å². The van der Waals surface area contributed by atoms with Gasteiger partial charge in [0, 0.05) is 20.2 Å². The summed E-state index contributed by atoms with van der Waals surface area (Å²) in [6, 6.07) is 4.37. The van der Waals surface area contributed by atoms with Crippen LogP contribution in [0.2, 0.25) is 5.02 Å². The Labute approximate surface area is 116 Å².